The summed E-state index contributed by atoms with van der Waals surface area (Å²) in [5.74, 6) is -0.284. The van der Waals surface area contributed by atoms with Gasteiger partial charge in [-0.2, -0.15) is 44.1 Å². The maximum absolute atomic E-state index is 14.1. The van der Waals surface area contributed by atoms with Crippen molar-refractivity contribution in [1.29, 1.82) is 0 Å². The monoisotopic (exact) mass is 529 g/mol. The van der Waals surface area contributed by atoms with Crippen LogP contribution >= 0.6 is 0 Å². The van der Waals surface area contributed by atoms with Crippen LogP contribution in [0.1, 0.15) is 26.7 Å². The Hall–Kier alpha value is -2.76. The second-order valence-electron chi connectivity index (χ2n) is 8.23. The molecule has 3 heterocycles. The number of nitrogens with zero attached hydrogens (tertiary/aromatic N) is 5. The molecule has 7 nitrogen and oxygen atoms in total. The molecular formula is C24H25CoF3N6O. The summed E-state index contributed by atoms with van der Waals surface area (Å²) < 4.78 is 45.3. The van der Waals surface area contributed by atoms with Crippen molar-refractivity contribution < 1.29 is 34.7 Å². The second-order valence-corrected chi connectivity index (χ2v) is 8.23. The largest absolute Gasteiger partial charge is 2.00 e. The smallest absolute Gasteiger partial charge is 0.372 e. The van der Waals surface area contributed by atoms with Crippen molar-refractivity contribution in [1.82, 2.24) is 20.2 Å². The van der Waals surface area contributed by atoms with Gasteiger partial charge in [0.05, 0.1) is 18.4 Å². The van der Waals surface area contributed by atoms with E-state index in [1.807, 2.05) is 18.7 Å². The van der Waals surface area contributed by atoms with Gasteiger partial charge in [0.1, 0.15) is 5.82 Å². The molecule has 1 saturated carbocycles. The predicted molar refractivity (Wildman–Crippen MR) is 122 cm³/mol. The Bertz CT molecular complexity index is 1110. The average molecular weight is 529 g/mol. The van der Waals surface area contributed by atoms with Crippen LogP contribution in [0.2, 0.25) is 0 Å². The van der Waals surface area contributed by atoms with Crippen molar-refractivity contribution in [3.8, 4) is 11.1 Å². The van der Waals surface area contributed by atoms with E-state index < -0.39 is 17.9 Å². The maximum atomic E-state index is 14.1. The van der Waals surface area contributed by atoms with Gasteiger partial charge in [-0.1, -0.05) is 12.0 Å². The Labute approximate surface area is 212 Å². The fourth-order valence-corrected chi connectivity index (χ4v) is 3.60. The molecule has 187 valence electrons. The zero-order chi connectivity index (χ0) is 24.1. The van der Waals surface area contributed by atoms with E-state index in [4.69, 9.17) is 4.74 Å². The SMILES string of the molecule is C[C@@H]1CN(c2nc(F)cc(Nc3cc(-c4cc[c-]cc4F)cnn3)n2)C[C@H](C)O1.FC1[CH-]CC1.[Co+2]. The summed E-state index contributed by atoms with van der Waals surface area (Å²) in [6.07, 6.45) is 4.30. The number of alkyl halides is 1. The Kier molecular flexibility index (Phi) is 9.41. The van der Waals surface area contributed by atoms with Crippen LogP contribution in [0.4, 0.5) is 30.8 Å². The van der Waals surface area contributed by atoms with Crippen LogP contribution in [-0.4, -0.2) is 51.6 Å². The molecule has 0 spiro atoms. The van der Waals surface area contributed by atoms with E-state index in [1.165, 1.54) is 18.3 Å². The summed E-state index contributed by atoms with van der Waals surface area (Å²) in [5.41, 5.74) is 0.895. The molecule has 3 aromatic rings. The number of anilines is 3. The van der Waals surface area contributed by atoms with Crippen molar-refractivity contribution in [2.75, 3.05) is 23.3 Å². The first-order chi connectivity index (χ1) is 16.4. The van der Waals surface area contributed by atoms with Gasteiger partial charge in [-0.05, 0) is 31.6 Å². The van der Waals surface area contributed by atoms with E-state index >= 15 is 0 Å². The Balaban J connectivity index is 0.000000509. The third-order valence-electron chi connectivity index (χ3n) is 5.29. The van der Waals surface area contributed by atoms with Crippen LogP contribution in [0.15, 0.2) is 36.5 Å². The summed E-state index contributed by atoms with van der Waals surface area (Å²) in [4.78, 5) is 10.2. The topological polar surface area (TPSA) is 76.1 Å². The minimum atomic E-state index is -0.668. The number of halogens is 3. The number of aromatic nitrogens is 4. The molecule has 1 N–H and O–H groups in total. The molecular weight excluding hydrogens is 504 g/mol. The molecule has 5 rings (SSSR count). The molecule has 2 aliphatic rings. The molecule has 11 heteroatoms. The molecule has 35 heavy (non-hydrogen) atoms. The van der Waals surface area contributed by atoms with E-state index in [9.17, 15) is 13.2 Å². The zero-order valence-corrected chi connectivity index (χ0v) is 20.3. The van der Waals surface area contributed by atoms with Gasteiger partial charge in [0.2, 0.25) is 11.9 Å². The number of ether oxygens (including phenoxy) is 1. The Morgan fingerprint density at radius 2 is 1.86 bits per heavy atom. The van der Waals surface area contributed by atoms with Crippen molar-refractivity contribution in [2.45, 2.75) is 45.1 Å². The van der Waals surface area contributed by atoms with Gasteiger partial charge < -0.3 is 15.0 Å². The molecule has 1 unspecified atom stereocenters. The molecule has 1 radical (unpaired) electrons. The minimum absolute atomic E-state index is 0. The van der Waals surface area contributed by atoms with Gasteiger partial charge in [-0.15, -0.1) is 11.2 Å². The molecule has 0 amide bonds. The van der Waals surface area contributed by atoms with Crippen LogP contribution < -0.4 is 10.2 Å². The van der Waals surface area contributed by atoms with E-state index in [2.05, 4.69) is 31.5 Å². The van der Waals surface area contributed by atoms with E-state index in [1.54, 1.807) is 24.6 Å². The Morgan fingerprint density at radius 3 is 2.49 bits per heavy atom. The van der Waals surface area contributed by atoms with Crippen molar-refractivity contribution >= 4 is 17.6 Å². The standard InChI is InChI=1S/C20H19F2N6O.C4H6F.Co/c1-12-10-28(11-13(2)29-12)20-24-17(22)8-18(26-20)25-19-7-14(9-23-27-19)15-5-3-4-6-16(15)21;5-4-2-1-3-4;/h3,5-9,12-13H,10-11H2,1-2H3,(H,24,25,26,27);2,4H,1,3H2;/q2*-1;+2/t12-,13+;;. The molecule has 1 aliphatic heterocycles. The number of rotatable bonds is 4. The number of benzene rings is 1. The average Bonchev–Trinajstić information content (AvgIpc) is 2.77. The molecule has 2 aromatic heterocycles. The first-order valence-corrected chi connectivity index (χ1v) is 11.1. The van der Waals surface area contributed by atoms with Gasteiger partial charge in [-0.3, -0.25) is 15.2 Å². The molecule has 1 saturated heterocycles. The quantitative estimate of drug-likeness (QED) is 0.388. The van der Waals surface area contributed by atoms with Crippen molar-refractivity contribution in [2.24, 2.45) is 0 Å². The van der Waals surface area contributed by atoms with Gasteiger partial charge >= 0.3 is 16.8 Å². The first kappa shape index (κ1) is 26.8. The minimum Gasteiger partial charge on any atom is -0.372 e. The fraction of sp³-hybridized carbons (Fsp3) is 0.375. The first-order valence-electron chi connectivity index (χ1n) is 11.1. The number of hydrogen-bond acceptors (Lipinski definition) is 7. The third kappa shape index (κ3) is 7.36. The van der Waals surface area contributed by atoms with Crippen LogP contribution in [0.25, 0.3) is 11.1 Å². The number of nitrogens with one attached hydrogen (secondary N) is 1. The van der Waals surface area contributed by atoms with Crippen LogP contribution in [-0.2, 0) is 21.5 Å². The Morgan fingerprint density at radius 1 is 1.14 bits per heavy atom. The third-order valence-corrected chi connectivity index (χ3v) is 5.29. The summed E-state index contributed by atoms with van der Waals surface area (Å²) >= 11 is 0. The maximum Gasteiger partial charge on any atom is 2.00 e. The molecule has 1 aliphatic carbocycles. The van der Waals surface area contributed by atoms with Gasteiger partial charge in [-0.25, -0.2) is 0 Å². The number of morpholine rings is 1. The van der Waals surface area contributed by atoms with E-state index in [0.717, 1.165) is 12.8 Å². The zero-order valence-electron chi connectivity index (χ0n) is 19.2. The van der Waals surface area contributed by atoms with E-state index in [-0.39, 0.29) is 40.8 Å². The summed E-state index contributed by atoms with van der Waals surface area (Å²) in [5, 5.41) is 10.8. The van der Waals surface area contributed by atoms with Crippen LogP contribution in [0, 0.1) is 24.3 Å². The summed E-state index contributed by atoms with van der Waals surface area (Å²) in [6, 6.07) is 9.92. The van der Waals surface area contributed by atoms with Gasteiger partial charge in [0.25, 0.3) is 0 Å². The normalized spacial score (nSPS) is 21.2. The van der Waals surface area contributed by atoms with Crippen LogP contribution in [0.3, 0.4) is 0 Å². The number of hydrogen-bond donors (Lipinski definition) is 1. The van der Waals surface area contributed by atoms with Crippen molar-refractivity contribution in [3.05, 3.63) is 60.8 Å². The van der Waals surface area contributed by atoms with Gasteiger partial charge in [0.15, 0.2) is 5.82 Å². The molecule has 2 fully saturated rings. The fourth-order valence-electron chi connectivity index (χ4n) is 3.60. The summed E-state index contributed by atoms with van der Waals surface area (Å²) in [6.45, 7) is 5.02. The second kappa shape index (κ2) is 12.3. The van der Waals surface area contributed by atoms with Crippen molar-refractivity contribution in [3.63, 3.8) is 0 Å². The predicted octanol–water partition coefficient (Wildman–Crippen LogP) is 4.69. The molecule has 1 aromatic carbocycles. The van der Waals surface area contributed by atoms with E-state index in [0.29, 0.717) is 30.0 Å². The molecule has 3 atom stereocenters. The summed E-state index contributed by atoms with van der Waals surface area (Å²) in [7, 11) is 0. The van der Waals surface area contributed by atoms with Gasteiger partial charge in [0, 0.05) is 25.0 Å². The molecule has 0 bridgehead atoms. The van der Waals surface area contributed by atoms with Crippen LogP contribution in [0.5, 0.6) is 0 Å².